The van der Waals surface area contributed by atoms with Gasteiger partial charge < -0.3 is 10.3 Å². The molecule has 6 heteroatoms. The van der Waals surface area contributed by atoms with Gasteiger partial charge in [-0.3, -0.25) is 4.79 Å². The highest BCUT2D eigenvalue weighted by Gasteiger charge is 2.06. The molecular weight excluding hydrogens is 260 g/mol. The number of aromatic amines is 1. The summed E-state index contributed by atoms with van der Waals surface area (Å²) < 4.78 is 0. The van der Waals surface area contributed by atoms with Gasteiger partial charge in [0.25, 0.3) is 0 Å². The van der Waals surface area contributed by atoms with Gasteiger partial charge in [-0.05, 0) is 18.5 Å². The van der Waals surface area contributed by atoms with Crippen LogP contribution in [0.2, 0.25) is 0 Å². The molecule has 0 aliphatic carbocycles. The SMILES string of the molecule is CC(C)CNCCc1nnc(-c2ccc(=O)[nH]c2)s1. The Bertz CT molecular complexity index is 556. The minimum atomic E-state index is -0.105. The zero-order valence-corrected chi connectivity index (χ0v) is 12.0. The third-order valence-corrected chi connectivity index (χ3v) is 3.60. The minimum absolute atomic E-state index is 0.105. The number of nitrogens with one attached hydrogen (secondary N) is 2. The molecule has 2 aromatic heterocycles. The average Bonchev–Trinajstić information content (AvgIpc) is 2.84. The molecule has 102 valence electrons. The predicted octanol–water partition coefficient (Wildman–Crippen LogP) is 1.68. The van der Waals surface area contributed by atoms with E-state index in [9.17, 15) is 4.79 Å². The highest BCUT2D eigenvalue weighted by atomic mass is 32.1. The molecule has 0 fully saturated rings. The zero-order chi connectivity index (χ0) is 13.7. The number of aromatic nitrogens is 3. The van der Waals surface area contributed by atoms with Crippen molar-refractivity contribution in [2.24, 2.45) is 5.92 Å². The fourth-order valence-corrected chi connectivity index (χ4v) is 2.44. The smallest absolute Gasteiger partial charge is 0.247 e. The molecule has 2 N–H and O–H groups in total. The van der Waals surface area contributed by atoms with E-state index in [1.807, 2.05) is 0 Å². The van der Waals surface area contributed by atoms with Crippen molar-refractivity contribution in [3.8, 4) is 10.6 Å². The maximum absolute atomic E-state index is 11.0. The van der Waals surface area contributed by atoms with E-state index in [1.54, 1.807) is 23.6 Å². The Balaban J connectivity index is 1.92. The van der Waals surface area contributed by atoms with E-state index in [2.05, 4.69) is 34.3 Å². The molecule has 19 heavy (non-hydrogen) atoms. The van der Waals surface area contributed by atoms with Crippen LogP contribution in [0.1, 0.15) is 18.9 Å². The first kappa shape index (κ1) is 13.9. The molecule has 0 aliphatic rings. The first-order valence-electron chi connectivity index (χ1n) is 6.37. The van der Waals surface area contributed by atoms with E-state index in [4.69, 9.17) is 0 Å². The van der Waals surface area contributed by atoms with E-state index in [0.717, 1.165) is 35.1 Å². The van der Waals surface area contributed by atoms with Gasteiger partial charge in [-0.1, -0.05) is 25.2 Å². The highest BCUT2D eigenvalue weighted by Crippen LogP contribution is 2.21. The number of nitrogens with zero attached hydrogens (tertiary/aromatic N) is 2. The second kappa shape index (κ2) is 6.58. The average molecular weight is 278 g/mol. The molecule has 0 amide bonds. The molecule has 2 heterocycles. The normalized spacial score (nSPS) is 11.1. The van der Waals surface area contributed by atoms with Gasteiger partial charge in [0.15, 0.2) is 0 Å². The van der Waals surface area contributed by atoms with Gasteiger partial charge in [0, 0.05) is 30.8 Å². The Kier molecular flexibility index (Phi) is 4.81. The lowest BCUT2D eigenvalue weighted by atomic mass is 10.2. The topological polar surface area (TPSA) is 70.7 Å². The minimum Gasteiger partial charge on any atom is -0.328 e. The fourth-order valence-electron chi connectivity index (χ4n) is 1.60. The van der Waals surface area contributed by atoms with Crippen LogP contribution in [-0.4, -0.2) is 28.3 Å². The molecule has 0 bridgehead atoms. The lowest BCUT2D eigenvalue weighted by Crippen LogP contribution is -2.22. The Morgan fingerprint density at radius 3 is 2.89 bits per heavy atom. The van der Waals surface area contributed by atoms with Gasteiger partial charge in [0.2, 0.25) is 5.56 Å². The monoisotopic (exact) mass is 278 g/mol. The highest BCUT2D eigenvalue weighted by molar-refractivity contribution is 7.14. The van der Waals surface area contributed by atoms with Gasteiger partial charge in [0.05, 0.1) is 0 Å². The van der Waals surface area contributed by atoms with Crippen LogP contribution in [0.4, 0.5) is 0 Å². The van der Waals surface area contributed by atoms with Gasteiger partial charge in [-0.2, -0.15) is 0 Å². The van der Waals surface area contributed by atoms with Crippen molar-refractivity contribution in [3.05, 3.63) is 33.7 Å². The van der Waals surface area contributed by atoms with Gasteiger partial charge in [-0.15, -0.1) is 10.2 Å². The summed E-state index contributed by atoms with van der Waals surface area (Å²) in [6, 6.07) is 3.26. The van der Waals surface area contributed by atoms with Crippen molar-refractivity contribution in [1.82, 2.24) is 20.5 Å². The van der Waals surface area contributed by atoms with E-state index < -0.39 is 0 Å². The van der Waals surface area contributed by atoms with E-state index in [0.29, 0.717) is 5.92 Å². The molecule has 0 radical (unpaired) electrons. The van der Waals surface area contributed by atoms with E-state index in [-0.39, 0.29) is 5.56 Å². The molecule has 0 saturated carbocycles. The van der Waals surface area contributed by atoms with Crippen molar-refractivity contribution >= 4 is 11.3 Å². The van der Waals surface area contributed by atoms with Gasteiger partial charge in [-0.25, -0.2) is 0 Å². The number of rotatable bonds is 6. The van der Waals surface area contributed by atoms with Crippen LogP contribution in [0.3, 0.4) is 0 Å². The van der Waals surface area contributed by atoms with Crippen molar-refractivity contribution in [2.45, 2.75) is 20.3 Å². The summed E-state index contributed by atoms with van der Waals surface area (Å²) >= 11 is 1.57. The number of hydrogen-bond donors (Lipinski definition) is 2. The van der Waals surface area contributed by atoms with Crippen LogP contribution in [0.5, 0.6) is 0 Å². The lowest BCUT2D eigenvalue weighted by molar-refractivity contribution is 0.553. The molecule has 0 aromatic carbocycles. The number of pyridine rings is 1. The molecule has 0 atom stereocenters. The Labute approximate surface area is 116 Å². The summed E-state index contributed by atoms with van der Waals surface area (Å²) in [7, 11) is 0. The Morgan fingerprint density at radius 1 is 1.37 bits per heavy atom. The molecule has 5 nitrogen and oxygen atoms in total. The third-order valence-electron chi connectivity index (χ3n) is 2.57. The van der Waals surface area contributed by atoms with Crippen molar-refractivity contribution < 1.29 is 0 Å². The van der Waals surface area contributed by atoms with Crippen LogP contribution < -0.4 is 10.9 Å². The molecule has 0 unspecified atom stereocenters. The summed E-state index contributed by atoms with van der Waals surface area (Å²) in [5, 5.41) is 13.6. The molecule has 2 rings (SSSR count). The second-order valence-corrected chi connectivity index (χ2v) is 5.85. The van der Waals surface area contributed by atoms with Crippen molar-refractivity contribution in [2.75, 3.05) is 13.1 Å². The fraction of sp³-hybridized carbons (Fsp3) is 0.462. The molecule has 0 saturated heterocycles. The second-order valence-electron chi connectivity index (χ2n) is 4.79. The lowest BCUT2D eigenvalue weighted by Gasteiger charge is -2.05. The van der Waals surface area contributed by atoms with Crippen LogP contribution in [-0.2, 0) is 6.42 Å². The molecular formula is C13H18N4OS. The van der Waals surface area contributed by atoms with Crippen LogP contribution in [0.15, 0.2) is 23.1 Å². The van der Waals surface area contributed by atoms with Crippen LogP contribution in [0, 0.1) is 5.92 Å². The molecule has 0 aliphatic heterocycles. The summed E-state index contributed by atoms with van der Waals surface area (Å²) in [4.78, 5) is 13.6. The first-order valence-corrected chi connectivity index (χ1v) is 7.19. The maximum Gasteiger partial charge on any atom is 0.247 e. The summed E-state index contributed by atoms with van der Waals surface area (Å²) in [5.74, 6) is 0.658. The largest absolute Gasteiger partial charge is 0.328 e. The summed E-state index contributed by atoms with van der Waals surface area (Å²) in [6.07, 6.45) is 2.55. The van der Waals surface area contributed by atoms with Gasteiger partial charge in [0.1, 0.15) is 10.0 Å². The van der Waals surface area contributed by atoms with Crippen molar-refractivity contribution in [1.29, 1.82) is 0 Å². The zero-order valence-electron chi connectivity index (χ0n) is 11.1. The van der Waals surface area contributed by atoms with E-state index in [1.165, 1.54) is 6.07 Å². The van der Waals surface area contributed by atoms with Gasteiger partial charge >= 0.3 is 0 Å². The summed E-state index contributed by atoms with van der Waals surface area (Å²) in [6.45, 7) is 6.31. The Hall–Kier alpha value is -1.53. The third kappa shape index (κ3) is 4.25. The quantitative estimate of drug-likeness (QED) is 0.789. The number of H-pyrrole nitrogens is 1. The molecule has 0 spiro atoms. The number of hydrogen-bond acceptors (Lipinski definition) is 5. The van der Waals surface area contributed by atoms with Crippen LogP contribution >= 0.6 is 11.3 Å². The summed E-state index contributed by atoms with van der Waals surface area (Å²) in [5.41, 5.74) is 0.796. The molecule has 2 aromatic rings. The first-order chi connectivity index (χ1) is 9.15. The van der Waals surface area contributed by atoms with Crippen LogP contribution in [0.25, 0.3) is 10.6 Å². The Morgan fingerprint density at radius 2 is 2.21 bits per heavy atom. The van der Waals surface area contributed by atoms with E-state index >= 15 is 0 Å². The predicted molar refractivity (Wildman–Crippen MR) is 77.4 cm³/mol. The maximum atomic E-state index is 11.0. The van der Waals surface area contributed by atoms with Crippen molar-refractivity contribution in [3.63, 3.8) is 0 Å². The standard InChI is InChI=1S/C13H18N4OS/c1-9(2)7-14-6-5-12-16-17-13(19-12)10-3-4-11(18)15-8-10/h3-4,8-9,14H,5-7H2,1-2H3,(H,15,18).